The van der Waals surface area contributed by atoms with E-state index in [1.54, 1.807) is 0 Å². The van der Waals surface area contributed by atoms with Crippen LogP contribution in [-0.4, -0.2) is 10.7 Å². The first-order chi connectivity index (χ1) is 11.8. The minimum atomic E-state index is 0.285. The maximum Gasteiger partial charge on any atom is 0.196 e. The predicted molar refractivity (Wildman–Crippen MR) is 99.1 cm³/mol. The molecule has 1 heterocycles. The van der Waals surface area contributed by atoms with Gasteiger partial charge in [0.2, 0.25) is 0 Å². The molecule has 3 aromatic rings. The molecule has 0 amide bonds. The van der Waals surface area contributed by atoms with Crippen molar-refractivity contribution >= 4 is 22.7 Å². The van der Waals surface area contributed by atoms with E-state index in [4.69, 9.17) is 0 Å². The lowest BCUT2D eigenvalue weighted by atomic mass is 10.1. The monoisotopic (exact) mass is 332 g/mol. The summed E-state index contributed by atoms with van der Waals surface area (Å²) >= 11 is 1.42. The predicted octanol–water partition coefficient (Wildman–Crippen LogP) is 4.71. The van der Waals surface area contributed by atoms with Crippen LogP contribution in [0.3, 0.4) is 0 Å². The largest absolute Gasteiger partial charge is 0.277 e. The van der Waals surface area contributed by atoms with E-state index in [-0.39, 0.29) is 5.71 Å². The first-order valence-electron chi connectivity index (χ1n) is 7.65. The van der Waals surface area contributed by atoms with Gasteiger partial charge in [0.25, 0.3) is 0 Å². The molecule has 0 saturated carbocycles. The van der Waals surface area contributed by atoms with Crippen LogP contribution in [-0.2, 0) is 6.42 Å². The normalized spacial score (nSPS) is 11.1. The third kappa shape index (κ3) is 3.50. The number of hydrogen-bond donors (Lipinski definition) is 1. The topological polar surface area (TPSA) is 61.1 Å². The summed E-state index contributed by atoms with van der Waals surface area (Å²) in [5, 5.41) is 16.2. The van der Waals surface area contributed by atoms with Crippen LogP contribution in [0.4, 0.5) is 5.69 Å². The minimum absolute atomic E-state index is 0.285. The second kappa shape index (κ2) is 7.53. The van der Waals surface area contributed by atoms with Crippen LogP contribution in [0.15, 0.2) is 65.1 Å². The highest BCUT2D eigenvalue weighted by Crippen LogP contribution is 2.22. The van der Waals surface area contributed by atoms with Gasteiger partial charge in [-0.3, -0.25) is 5.43 Å². The van der Waals surface area contributed by atoms with Crippen LogP contribution in [0.2, 0.25) is 0 Å². The number of thiazole rings is 1. The Morgan fingerprint density at radius 3 is 2.67 bits per heavy atom. The van der Waals surface area contributed by atoms with Gasteiger partial charge in [-0.1, -0.05) is 55.5 Å². The molecule has 0 spiro atoms. The van der Waals surface area contributed by atoms with Crippen LogP contribution in [0, 0.1) is 11.3 Å². The second-order valence-corrected chi connectivity index (χ2v) is 5.96. The highest BCUT2D eigenvalue weighted by atomic mass is 32.1. The molecule has 2 aromatic carbocycles. The fraction of sp³-hybridized carbons (Fsp3) is 0.105. The number of hydrazone groups is 1. The lowest BCUT2D eigenvalue weighted by Gasteiger charge is -2.06. The van der Waals surface area contributed by atoms with Crippen LogP contribution >= 0.6 is 11.3 Å². The van der Waals surface area contributed by atoms with Gasteiger partial charge in [0.05, 0.1) is 11.4 Å². The molecule has 118 valence electrons. The van der Waals surface area contributed by atoms with Crippen molar-refractivity contribution < 1.29 is 0 Å². The Hall–Kier alpha value is -2.97. The van der Waals surface area contributed by atoms with Crippen molar-refractivity contribution in [1.29, 1.82) is 5.26 Å². The summed E-state index contributed by atoms with van der Waals surface area (Å²) in [4.78, 5) is 4.53. The third-order valence-electron chi connectivity index (χ3n) is 3.57. The Kier molecular flexibility index (Phi) is 4.99. The summed E-state index contributed by atoms with van der Waals surface area (Å²) in [7, 11) is 0. The molecule has 1 aromatic heterocycles. The summed E-state index contributed by atoms with van der Waals surface area (Å²) in [5.41, 5.74) is 7.23. The number of benzene rings is 2. The standard InChI is InChI=1S/C19H16N4S/c1-2-14-8-6-7-11-16(14)22-23-17(12-20)19-21-18(13-24-19)15-9-4-3-5-10-15/h3-11,13,22H,2H2,1H3/b23-17-. The van der Waals surface area contributed by atoms with Crippen molar-refractivity contribution in [2.24, 2.45) is 5.10 Å². The number of nitrogens with zero attached hydrogens (tertiary/aromatic N) is 3. The van der Waals surface area contributed by atoms with E-state index in [9.17, 15) is 5.26 Å². The van der Waals surface area contributed by atoms with E-state index >= 15 is 0 Å². The van der Waals surface area contributed by atoms with Gasteiger partial charge in [0.15, 0.2) is 10.7 Å². The molecular weight excluding hydrogens is 316 g/mol. The zero-order valence-electron chi connectivity index (χ0n) is 13.2. The molecule has 0 aliphatic carbocycles. The van der Waals surface area contributed by atoms with Crippen molar-refractivity contribution in [3.8, 4) is 17.3 Å². The fourth-order valence-electron chi connectivity index (χ4n) is 2.30. The van der Waals surface area contributed by atoms with E-state index < -0.39 is 0 Å². The molecular formula is C19H16N4S. The average molecular weight is 332 g/mol. The minimum Gasteiger partial charge on any atom is -0.277 e. The Labute approximate surface area is 145 Å². The Morgan fingerprint density at radius 2 is 1.92 bits per heavy atom. The molecule has 0 atom stereocenters. The van der Waals surface area contributed by atoms with Crippen molar-refractivity contribution in [2.75, 3.05) is 5.43 Å². The molecule has 0 radical (unpaired) electrons. The zero-order valence-corrected chi connectivity index (χ0v) is 14.0. The van der Waals surface area contributed by atoms with Gasteiger partial charge in [-0.2, -0.15) is 10.4 Å². The Morgan fingerprint density at radius 1 is 1.17 bits per heavy atom. The number of hydrogen-bond acceptors (Lipinski definition) is 5. The first-order valence-corrected chi connectivity index (χ1v) is 8.52. The van der Waals surface area contributed by atoms with E-state index in [0.717, 1.165) is 28.9 Å². The van der Waals surface area contributed by atoms with Crippen LogP contribution < -0.4 is 5.43 Å². The summed E-state index contributed by atoms with van der Waals surface area (Å²) in [6, 6.07) is 20.0. The van der Waals surface area contributed by atoms with Gasteiger partial charge in [-0.15, -0.1) is 11.3 Å². The third-order valence-corrected chi connectivity index (χ3v) is 4.42. The lowest BCUT2D eigenvalue weighted by Crippen LogP contribution is -2.02. The van der Waals surface area contributed by atoms with E-state index in [1.807, 2.05) is 60.0 Å². The number of aromatic nitrogens is 1. The summed E-state index contributed by atoms with van der Waals surface area (Å²) < 4.78 is 0. The van der Waals surface area contributed by atoms with Gasteiger partial charge < -0.3 is 0 Å². The van der Waals surface area contributed by atoms with Gasteiger partial charge in [0, 0.05) is 10.9 Å². The quantitative estimate of drug-likeness (QED) is 0.543. The Bertz CT molecular complexity index is 891. The molecule has 5 heteroatoms. The van der Waals surface area contributed by atoms with Crippen LogP contribution in [0.5, 0.6) is 0 Å². The van der Waals surface area contributed by atoms with Crippen molar-refractivity contribution in [1.82, 2.24) is 4.98 Å². The van der Waals surface area contributed by atoms with E-state index in [0.29, 0.717) is 5.01 Å². The maximum atomic E-state index is 9.41. The molecule has 0 saturated heterocycles. The van der Waals surface area contributed by atoms with Crippen LogP contribution in [0.1, 0.15) is 17.5 Å². The van der Waals surface area contributed by atoms with Gasteiger partial charge in [0.1, 0.15) is 6.07 Å². The van der Waals surface area contributed by atoms with Crippen molar-refractivity contribution in [3.63, 3.8) is 0 Å². The summed E-state index contributed by atoms with van der Waals surface area (Å²) in [6.45, 7) is 2.09. The smallest absolute Gasteiger partial charge is 0.196 e. The average Bonchev–Trinajstić information content (AvgIpc) is 3.13. The molecule has 3 rings (SSSR count). The van der Waals surface area contributed by atoms with E-state index in [1.165, 1.54) is 11.3 Å². The Balaban J connectivity index is 1.84. The first kappa shape index (κ1) is 15.9. The lowest BCUT2D eigenvalue weighted by molar-refractivity contribution is 1.13. The molecule has 0 bridgehead atoms. The van der Waals surface area contributed by atoms with Crippen molar-refractivity contribution in [2.45, 2.75) is 13.3 Å². The van der Waals surface area contributed by atoms with Crippen molar-refractivity contribution in [3.05, 3.63) is 70.5 Å². The SMILES string of the molecule is CCc1ccccc1N/N=C(/C#N)c1nc(-c2ccccc2)cs1. The number of rotatable bonds is 5. The van der Waals surface area contributed by atoms with Gasteiger partial charge in [-0.05, 0) is 18.1 Å². The number of nitrogens with one attached hydrogen (secondary N) is 1. The van der Waals surface area contributed by atoms with Gasteiger partial charge >= 0.3 is 0 Å². The molecule has 24 heavy (non-hydrogen) atoms. The molecule has 0 aliphatic heterocycles. The second-order valence-electron chi connectivity index (χ2n) is 5.10. The highest BCUT2D eigenvalue weighted by molar-refractivity contribution is 7.12. The zero-order chi connectivity index (χ0) is 16.8. The summed E-state index contributed by atoms with van der Waals surface area (Å²) in [6.07, 6.45) is 0.899. The van der Waals surface area contributed by atoms with Gasteiger partial charge in [-0.25, -0.2) is 4.98 Å². The van der Waals surface area contributed by atoms with E-state index in [2.05, 4.69) is 28.5 Å². The molecule has 0 aliphatic rings. The molecule has 0 unspecified atom stereocenters. The number of anilines is 1. The number of para-hydroxylation sites is 1. The number of aryl methyl sites for hydroxylation is 1. The number of nitriles is 1. The van der Waals surface area contributed by atoms with Crippen LogP contribution in [0.25, 0.3) is 11.3 Å². The fourth-order valence-corrected chi connectivity index (χ4v) is 3.06. The molecule has 1 N–H and O–H groups in total. The highest BCUT2D eigenvalue weighted by Gasteiger charge is 2.10. The molecule has 4 nitrogen and oxygen atoms in total. The summed E-state index contributed by atoms with van der Waals surface area (Å²) in [5.74, 6) is 0. The maximum absolute atomic E-state index is 9.41. The molecule has 0 fully saturated rings.